The average Bonchev–Trinajstić information content (AvgIpc) is 2.59. The molecule has 1 aliphatic rings. The second-order valence-corrected chi connectivity index (χ2v) is 4.75. The normalized spacial score (nSPS) is 16.8. The van der Waals surface area contributed by atoms with Crippen LogP contribution in [0, 0.1) is 5.41 Å². The van der Waals surface area contributed by atoms with Crippen LogP contribution in [0.15, 0.2) is 29.2 Å². The fourth-order valence-electron chi connectivity index (χ4n) is 1.46. The molecule has 0 bridgehead atoms. The van der Waals surface area contributed by atoms with Gasteiger partial charge in [-0.1, -0.05) is 12.1 Å². The van der Waals surface area contributed by atoms with Crippen molar-refractivity contribution in [1.29, 1.82) is 5.41 Å². The van der Waals surface area contributed by atoms with Gasteiger partial charge in [-0.2, -0.15) is 0 Å². The predicted octanol–water partition coefficient (Wildman–Crippen LogP) is 1.78. The van der Waals surface area contributed by atoms with Crippen LogP contribution in [0.3, 0.4) is 0 Å². The zero-order valence-electron chi connectivity index (χ0n) is 9.61. The molecular weight excluding hydrogens is 250 g/mol. The Morgan fingerprint density at radius 3 is 2.56 bits per heavy atom. The Labute approximate surface area is 108 Å². The average molecular weight is 261 g/mol. The Bertz CT molecular complexity index is 549. The lowest BCUT2D eigenvalue weighted by atomic mass is 10.2. The van der Waals surface area contributed by atoms with Crippen LogP contribution in [0.2, 0.25) is 0 Å². The van der Waals surface area contributed by atoms with Crippen molar-refractivity contribution in [2.24, 2.45) is 0 Å². The number of carbonyl (C=O) groups excluding carboxylic acids is 2. The van der Waals surface area contributed by atoms with Gasteiger partial charge in [0.1, 0.15) is 0 Å². The molecule has 1 fully saturated rings. The van der Waals surface area contributed by atoms with Crippen LogP contribution >= 0.6 is 11.8 Å². The number of amides is 2. The van der Waals surface area contributed by atoms with E-state index < -0.39 is 0 Å². The Balaban J connectivity index is 2.15. The molecule has 5 nitrogen and oxygen atoms in total. The number of nitrogens with one attached hydrogen (secondary N) is 3. The lowest BCUT2D eigenvalue weighted by Gasteiger charge is -2.02. The maximum Gasteiger partial charge on any atom is 0.264 e. The van der Waals surface area contributed by atoms with Gasteiger partial charge in [-0.25, -0.2) is 0 Å². The minimum absolute atomic E-state index is 0.125. The van der Waals surface area contributed by atoms with Gasteiger partial charge in [-0.15, -0.1) is 0 Å². The van der Waals surface area contributed by atoms with Gasteiger partial charge >= 0.3 is 0 Å². The van der Waals surface area contributed by atoms with Crippen LogP contribution in [0.5, 0.6) is 0 Å². The number of hydrogen-bond acceptors (Lipinski definition) is 4. The van der Waals surface area contributed by atoms with E-state index in [1.807, 2.05) is 0 Å². The highest BCUT2D eigenvalue weighted by Crippen LogP contribution is 2.25. The molecule has 0 radical (unpaired) electrons. The first-order valence-electron chi connectivity index (χ1n) is 5.22. The Hall–Kier alpha value is -2.08. The molecule has 1 aliphatic heterocycles. The topological polar surface area (TPSA) is 82.1 Å². The van der Waals surface area contributed by atoms with E-state index in [0.717, 1.165) is 17.3 Å². The van der Waals surface area contributed by atoms with Crippen molar-refractivity contribution >= 4 is 40.5 Å². The maximum atomic E-state index is 11.4. The van der Waals surface area contributed by atoms with E-state index in [1.54, 1.807) is 30.3 Å². The number of amidine groups is 1. The monoisotopic (exact) mass is 261 g/mol. The molecule has 0 atom stereocenters. The minimum atomic E-state index is -0.254. The fourth-order valence-corrected chi connectivity index (χ4v) is 2.16. The van der Waals surface area contributed by atoms with E-state index >= 15 is 0 Å². The molecule has 1 saturated heterocycles. The third kappa shape index (κ3) is 2.98. The molecule has 2 rings (SSSR count). The van der Waals surface area contributed by atoms with Gasteiger partial charge in [0.15, 0.2) is 5.17 Å². The van der Waals surface area contributed by atoms with E-state index in [-0.39, 0.29) is 17.0 Å². The summed E-state index contributed by atoms with van der Waals surface area (Å²) in [6.07, 6.45) is 1.71. The summed E-state index contributed by atoms with van der Waals surface area (Å²) in [6, 6.07) is 7.12. The second kappa shape index (κ2) is 5.05. The van der Waals surface area contributed by atoms with Crippen LogP contribution in [-0.4, -0.2) is 17.0 Å². The quantitative estimate of drug-likeness (QED) is 0.710. The van der Waals surface area contributed by atoms with Gasteiger partial charge in [-0.3, -0.25) is 15.0 Å². The lowest BCUT2D eigenvalue weighted by Crippen LogP contribution is -2.18. The Kier molecular flexibility index (Phi) is 3.47. The number of thioether (sulfide) groups is 1. The number of anilines is 1. The van der Waals surface area contributed by atoms with Gasteiger partial charge in [0.2, 0.25) is 5.91 Å². The summed E-state index contributed by atoms with van der Waals surface area (Å²) < 4.78 is 0. The van der Waals surface area contributed by atoms with Crippen molar-refractivity contribution in [3.05, 3.63) is 34.7 Å². The SMILES string of the molecule is CC(=O)Nc1ccc(C=C2SC(=N)NC2=O)cc1. The summed E-state index contributed by atoms with van der Waals surface area (Å²) in [5, 5.41) is 12.5. The molecule has 1 aromatic rings. The molecule has 0 aromatic heterocycles. The highest BCUT2D eigenvalue weighted by atomic mass is 32.2. The van der Waals surface area contributed by atoms with E-state index in [1.165, 1.54) is 6.92 Å². The molecule has 18 heavy (non-hydrogen) atoms. The Morgan fingerprint density at radius 1 is 1.39 bits per heavy atom. The number of hydrogen-bond donors (Lipinski definition) is 3. The van der Waals surface area contributed by atoms with Crippen LogP contribution in [0.4, 0.5) is 5.69 Å². The van der Waals surface area contributed by atoms with Gasteiger partial charge in [-0.05, 0) is 35.5 Å². The first-order valence-corrected chi connectivity index (χ1v) is 6.03. The molecule has 0 saturated carbocycles. The molecule has 0 aliphatic carbocycles. The summed E-state index contributed by atoms with van der Waals surface area (Å²) in [5.74, 6) is -0.379. The van der Waals surface area contributed by atoms with E-state index in [0.29, 0.717) is 10.6 Å². The molecule has 3 N–H and O–H groups in total. The number of carbonyl (C=O) groups is 2. The summed E-state index contributed by atoms with van der Waals surface area (Å²) in [5.41, 5.74) is 1.55. The lowest BCUT2D eigenvalue weighted by molar-refractivity contribution is -0.115. The maximum absolute atomic E-state index is 11.4. The molecule has 1 aromatic carbocycles. The zero-order chi connectivity index (χ0) is 13.1. The van der Waals surface area contributed by atoms with Crippen LogP contribution < -0.4 is 10.6 Å². The van der Waals surface area contributed by atoms with Crippen molar-refractivity contribution in [2.45, 2.75) is 6.92 Å². The van der Waals surface area contributed by atoms with Crippen LogP contribution in [0.25, 0.3) is 6.08 Å². The first-order chi connectivity index (χ1) is 8.54. The Morgan fingerprint density at radius 2 is 2.06 bits per heavy atom. The molecule has 6 heteroatoms. The van der Waals surface area contributed by atoms with E-state index in [4.69, 9.17) is 5.41 Å². The molecule has 92 valence electrons. The van der Waals surface area contributed by atoms with Crippen molar-refractivity contribution in [3.8, 4) is 0 Å². The summed E-state index contributed by atoms with van der Waals surface area (Å²) in [7, 11) is 0. The summed E-state index contributed by atoms with van der Waals surface area (Å²) in [4.78, 5) is 22.7. The van der Waals surface area contributed by atoms with Gasteiger partial charge in [0.25, 0.3) is 5.91 Å². The van der Waals surface area contributed by atoms with Crippen molar-refractivity contribution in [3.63, 3.8) is 0 Å². The van der Waals surface area contributed by atoms with Gasteiger partial charge in [0, 0.05) is 12.6 Å². The number of rotatable bonds is 2. The van der Waals surface area contributed by atoms with Crippen LogP contribution in [0.1, 0.15) is 12.5 Å². The molecule has 1 heterocycles. The van der Waals surface area contributed by atoms with Crippen molar-refractivity contribution in [2.75, 3.05) is 5.32 Å². The summed E-state index contributed by atoms with van der Waals surface area (Å²) >= 11 is 1.10. The number of benzene rings is 1. The molecule has 2 amide bonds. The highest BCUT2D eigenvalue weighted by Gasteiger charge is 2.21. The van der Waals surface area contributed by atoms with Crippen LogP contribution in [-0.2, 0) is 9.59 Å². The van der Waals surface area contributed by atoms with Gasteiger partial charge in [0.05, 0.1) is 4.91 Å². The zero-order valence-corrected chi connectivity index (χ0v) is 10.4. The highest BCUT2D eigenvalue weighted by molar-refractivity contribution is 8.18. The first kappa shape index (κ1) is 12.4. The van der Waals surface area contributed by atoms with Gasteiger partial charge < -0.3 is 10.6 Å². The second-order valence-electron chi connectivity index (χ2n) is 3.70. The predicted molar refractivity (Wildman–Crippen MR) is 72.2 cm³/mol. The smallest absolute Gasteiger partial charge is 0.264 e. The molecule has 0 spiro atoms. The standard InChI is InChI=1S/C12H11N3O2S/c1-7(16)14-9-4-2-8(3-5-9)6-10-11(17)15-12(13)18-10/h2-6H,1H3,(H,14,16)(H2,13,15,17). The van der Waals surface area contributed by atoms with E-state index in [9.17, 15) is 9.59 Å². The van der Waals surface area contributed by atoms with Crippen molar-refractivity contribution < 1.29 is 9.59 Å². The fraction of sp³-hybridized carbons (Fsp3) is 0.0833. The minimum Gasteiger partial charge on any atom is -0.326 e. The third-order valence-electron chi connectivity index (χ3n) is 2.19. The summed E-state index contributed by atoms with van der Waals surface area (Å²) in [6.45, 7) is 1.45. The van der Waals surface area contributed by atoms with Crippen molar-refractivity contribution in [1.82, 2.24) is 5.32 Å². The molecule has 0 unspecified atom stereocenters. The third-order valence-corrected chi connectivity index (χ3v) is 3.02. The molecular formula is C12H11N3O2S. The largest absolute Gasteiger partial charge is 0.326 e. The van der Waals surface area contributed by atoms with E-state index in [2.05, 4.69) is 10.6 Å².